The summed E-state index contributed by atoms with van der Waals surface area (Å²) in [6.07, 6.45) is 1.31. The largest absolute Gasteiger partial charge is 0.353 e. The van der Waals surface area contributed by atoms with Crippen molar-refractivity contribution >= 4 is 18.0 Å². The lowest BCUT2D eigenvalue weighted by Gasteiger charge is -2.06. The Bertz CT molecular complexity index is 427. The van der Waals surface area contributed by atoms with E-state index in [1.807, 2.05) is 44.2 Å². The molecule has 0 spiro atoms. The van der Waals surface area contributed by atoms with Crippen molar-refractivity contribution in [2.24, 2.45) is 5.10 Å². The van der Waals surface area contributed by atoms with Crippen LogP contribution in [0.15, 0.2) is 35.4 Å². The Balaban J connectivity index is 2.33. The molecule has 2 N–H and O–H groups in total. The quantitative estimate of drug-likeness (QED) is 0.464. The first-order valence-corrected chi connectivity index (χ1v) is 5.74. The van der Waals surface area contributed by atoms with Crippen molar-refractivity contribution in [2.45, 2.75) is 26.3 Å². The Hall–Kier alpha value is -2.17. The molecule has 0 atom stereocenters. The molecule has 1 aromatic carbocycles. The highest BCUT2D eigenvalue weighted by atomic mass is 16.2. The number of hydrogen-bond donors (Lipinski definition) is 2. The highest BCUT2D eigenvalue weighted by molar-refractivity contribution is 5.97. The third-order valence-corrected chi connectivity index (χ3v) is 1.97. The van der Waals surface area contributed by atoms with Crippen LogP contribution in [-0.4, -0.2) is 24.1 Å². The third-order valence-electron chi connectivity index (χ3n) is 1.97. The van der Waals surface area contributed by atoms with E-state index in [1.54, 1.807) is 0 Å². The molecule has 0 radical (unpaired) electrons. The van der Waals surface area contributed by atoms with Crippen LogP contribution in [0.3, 0.4) is 0 Å². The smallest absolute Gasteiger partial charge is 0.249 e. The summed E-state index contributed by atoms with van der Waals surface area (Å²) in [6, 6.07) is 9.39. The molecular formula is C13H17N3O2. The maximum absolute atomic E-state index is 11.3. The molecule has 0 heterocycles. The number of amides is 2. The van der Waals surface area contributed by atoms with Crippen LogP contribution < -0.4 is 10.7 Å². The van der Waals surface area contributed by atoms with Crippen molar-refractivity contribution in [3.8, 4) is 0 Å². The summed E-state index contributed by atoms with van der Waals surface area (Å²) in [5, 5.41) is 6.40. The van der Waals surface area contributed by atoms with Gasteiger partial charge in [-0.1, -0.05) is 30.3 Å². The van der Waals surface area contributed by atoms with E-state index in [2.05, 4.69) is 15.8 Å². The Morgan fingerprint density at radius 1 is 1.22 bits per heavy atom. The molecule has 2 amide bonds. The lowest BCUT2D eigenvalue weighted by Crippen LogP contribution is -2.34. The van der Waals surface area contributed by atoms with Gasteiger partial charge in [0.05, 0.1) is 6.21 Å². The van der Waals surface area contributed by atoms with Crippen LogP contribution in [0.4, 0.5) is 0 Å². The van der Waals surface area contributed by atoms with Gasteiger partial charge >= 0.3 is 0 Å². The van der Waals surface area contributed by atoms with Gasteiger partial charge in [-0.2, -0.15) is 5.10 Å². The highest BCUT2D eigenvalue weighted by Gasteiger charge is 2.08. The number of hydrogen-bond acceptors (Lipinski definition) is 3. The Morgan fingerprint density at radius 3 is 2.50 bits per heavy atom. The van der Waals surface area contributed by atoms with E-state index < -0.39 is 5.91 Å². The van der Waals surface area contributed by atoms with Crippen LogP contribution in [0, 0.1) is 0 Å². The van der Waals surface area contributed by atoms with Crippen molar-refractivity contribution in [3.05, 3.63) is 35.9 Å². The summed E-state index contributed by atoms with van der Waals surface area (Å²) >= 11 is 0. The Labute approximate surface area is 106 Å². The maximum atomic E-state index is 11.3. The minimum atomic E-state index is -0.430. The molecule has 0 saturated carbocycles. The van der Waals surface area contributed by atoms with Gasteiger partial charge in [0.15, 0.2) is 0 Å². The normalized spacial score (nSPS) is 10.6. The van der Waals surface area contributed by atoms with Crippen LogP contribution in [0.25, 0.3) is 0 Å². The molecule has 1 aromatic rings. The van der Waals surface area contributed by atoms with E-state index in [0.29, 0.717) is 0 Å². The zero-order valence-electron chi connectivity index (χ0n) is 10.5. The molecule has 0 fully saturated rings. The number of carbonyl (C=O) groups excluding carboxylic acids is 2. The monoisotopic (exact) mass is 247 g/mol. The molecule has 0 saturated heterocycles. The first-order valence-electron chi connectivity index (χ1n) is 5.74. The van der Waals surface area contributed by atoms with Crippen molar-refractivity contribution in [1.82, 2.24) is 10.7 Å². The van der Waals surface area contributed by atoms with Gasteiger partial charge in [-0.3, -0.25) is 9.59 Å². The summed E-state index contributed by atoms with van der Waals surface area (Å²) < 4.78 is 0. The van der Waals surface area contributed by atoms with Crippen molar-refractivity contribution in [1.29, 1.82) is 0 Å². The van der Waals surface area contributed by atoms with Gasteiger partial charge in [0, 0.05) is 6.04 Å². The van der Waals surface area contributed by atoms with Crippen LogP contribution >= 0.6 is 0 Å². The molecule has 0 aliphatic heterocycles. The predicted molar refractivity (Wildman–Crippen MR) is 70.1 cm³/mol. The van der Waals surface area contributed by atoms with Crippen LogP contribution in [0.2, 0.25) is 0 Å². The van der Waals surface area contributed by atoms with Gasteiger partial charge in [0.1, 0.15) is 6.42 Å². The second-order valence-corrected chi connectivity index (χ2v) is 4.10. The van der Waals surface area contributed by atoms with Gasteiger partial charge in [-0.05, 0) is 19.4 Å². The van der Waals surface area contributed by atoms with E-state index in [1.165, 1.54) is 6.21 Å². The number of carbonyl (C=O) groups is 2. The summed E-state index contributed by atoms with van der Waals surface area (Å²) in [7, 11) is 0. The second-order valence-electron chi connectivity index (χ2n) is 4.10. The number of hydrazone groups is 1. The van der Waals surface area contributed by atoms with Gasteiger partial charge in [0.2, 0.25) is 11.8 Å². The van der Waals surface area contributed by atoms with E-state index in [-0.39, 0.29) is 18.4 Å². The van der Waals surface area contributed by atoms with Gasteiger partial charge in [0.25, 0.3) is 0 Å². The SMILES string of the molecule is CC(C)NC(=O)CC(=O)N/N=C\c1ccccc1. The third kappa shape index (κ3) is 5.79. The number of benzene rings is 1. The van der Waals surface area contributed by atoms with E-state index >= 15 is 0 Å². The zero-order chi connectivity index (χ0) is 13.4. The summed E-state index contributed by atoms with van der Waals surface area (Å²) in [5.41, 5.74) is 3.18. The molecule has 1 rings (SSSR count). The van der Waals surface area contributed by atoms with Crippen LogP contribution in [0.1, 0.15) is 25.8 Å². The van der Waals surface area contributed by atoms with Crippen LogP contribution in [0.5, 0.6) is 0 Å². The lowest BCUT2D eigenvalue weighted by molar-refractivity contribution is -0.129. The number of nitrogens with one attached hydrogen (secondary N) is 2. The van der Waals surface area contributed by atoms with Gasteiger partial charge in [-0.25, -0.2) is 5.43 Å². The van der Waals surface area contributed by atoms with E-state index in [4.69, 9.17) is 0 Å². The van der Waals surface area contributed by atoms with Gasteiger partial charge < -0.3 is 5.32 Å². The average molecular weight is 247 g/mol. The molecule has 0 aliphatic carbocycles. The number of rotatable bonds is 5. The highest BCUT2D eigenvalue weighted by Crippen LogP contribution is 1.93. The predicted octanol–water partition coefficient (Wildman–Crippen LogP) is 1.05. The molecule has 0 aromatic heterocycles. The second kappa shape index (κ2) is 7.21. The molecule has 96 valence electrons. The Morgan fingerprint density at radius 2 is 1.89 bits per heavy atom. The first kappa shape index (κ1) is 13.9. The molecule has 18 heavy (non-hydrogen) atoms. The number of nitrogens with zero attached hydrogens (tertiary/aromatic N) is 1. The summed E-state index contributed by atoms with van der Waals surface area (Å²) in [5.74, 6) is -0.738. The lowest BCUT2D eigenvalue weighted by atomic mass is 10.2. The zero-order valence-corrected chi connectivity index (χ0v) is 10.5. The van der Waals surface area contributed by atoms with Crippen molar-refractivity contribution in [3.63, 3.8) is 0 Å². The molecule has 5 heteroatoms. The topological polar surface area (TPSA) is 70.6 Å². The molecule has 5 nitrogen and oxygen atoms in total. The van der Waals surface area contributed by atoms with Crippen molar-refractivity contribution in [2.75, 3.05) is 0 Å². The fraction of sp³-hybridized carbons (Fsp3) is 0.308. The minimum absolute atomic E-state index is 0.0260. The standard InChI is InChI=1S/C13H17N3O2/c1-10(2)15-12(17)8-13(18)16-14-9-11-6-4-3-5-7-11/h3-7,9-10H,8H2,1-2H3,(H,15,17)(H,16,18)/b14-9-. The Kier molecular flexibility index (Phi) is 5.57. The van der Waals surface area contributed by atoms with E-state index in [0.717, 1.165) is 5.56 Å². The first-order chi connectivity index (χ1) is 8.58. The van der Waals surface area contributed by atoms with E-state index in [9.17, 15) is 9.59 Å². The summed E-state index contributed by atoms with van der Waals surface area (Å²) in [4.78, 5) is 22.6. The fourth-order valence-corrected chi connectivity index (χ4v) is 1.28. The van der Waals surface area contributed by atoms with Crippen LogP contribution in [-0.2, 0) is 9.59 Å². The minimum Gasteiger partial charge on any atom is -0.353 e. The van der Waals surface area contributed by atoms with Crippen molar-refractivity contribution < 1.29 is 9.59 Å². The average Bonchev–Trinajstić information content (AvgIpc) is 2.29. The molecule has 0 unspecified atom stereocenters. The molecular weight excluding hydrogens is 230 g/mol. The maximum Gasteiger partial charge on any atom is 0.249 e. The summed E-state index contributed by atoms with van der Waals surface area (Å²) in [6.45, 7) is 3.67. The molecule has 0 bridgehead atoms. The van der Waals surface area contributed by atoms with Gasteiger partial charge in [-0.15, -0.1) is 0 Å². The molecule has 0 aliphatic rings. The fourth-order valence-electron chi connectivity index (χ4n) is 1.28.